The SMILES string of the molecule is CCOC(=O)/C(C)=C1\CCOC1C. The number of rotatable bonds is 2. The first kappa shape index (κ1) is 10.3. The quantitative estimate of drug-likeness (QED) is 0.484. The summed E-state index contributed by atoms with van der Waals surface area (Å²) in [6.07, 6.45) is 0.927. The molecule has 0 aliphatic carbocycles. The van der Waals surface area contributed by atoms with Gasteiger partial charge in [0.1, 0.15) is 0 Å². The third kappa shape index (κ3) is 2.31. The van der Waals surface area contributed by atoms with Crippen LogP contribution < -0.4 is 0 Å². The predicted molar refractivity (Wildman–Crippen MR) is 49.4 cm³/mol. The lowest BCUT2D eigenvalue weighted by Gasteiger charge is -2.08. The average molecular weight is 184 g/mol. The zero-order chi connectivity index (χ0) is 9.84. The van der Waals surface area contributed by atoms with E-state index < -0.39 is 0 Å². The predicted octanol–water partition coefficient (Wildman–Crippen LogP) is 1.67. The van der Waals surface area contributed by atoms with Crippen LogP contribution in [0.3, 0.4) is 0 Å². The Bertz CT molecular complexity index is 230. The summed E-state index contributed by atoms with van der Waals surface area (Å²) < 4.78 is 10.3. The molecule has 1 aliphatic rings. The van der Waals surface area contributed by atoms with Gasteiger partial charge in [-0.2, -0.15) is 0 Å². The summed E-state index contributed by atoms with van der Waals surface area (Å²) in [4.78, 5) is 11.3. The minimum Gasteiger partial charge on any atom is -0.463 e. The normalized spacial score (nSPS) is 25.9. The largest absolute Gasteiger partial charge is 0.463 e. The second-order valence-corrected chi connectivity index (χ2v) is 3.13. The van der Waals surface area contributed by atoms with Crippen LogP contribution in [0.15, 0.2) is 11.1 Å². The third-order valence-electron chi connectivity index (χ3n) is 2.29. The van der Waals surface area contributed by atoms with Crippen molar-refractivity contribution in [1.82, 2.24) is 0 Å². The van der Waals surface area contributed by atoms with Gasteiger partial charge in [-0.05, 0) is 32.8 Å². The Balaban J connectivity index is 2.72. The van der Waals surface area contributed by atoms with Crippen molar-refractivity contribution >= 4 is 5.97 Å². The Morgan fingerprint density at radius 2 is 2.38 bits per heavy atom. The summed E-state index contributed by atoms with van der Waals surface area (Å²) in [6, 6.07) is 0. The van der Waals surface area contributed by atoms with Crippen LogP contribution >= 0.6 is 0 Å². The highest BCUT2D eigenvalue weighted by molar-refractivity contribution is 5.88. The van der Waals surface area contributed by atoms with Gasteiger partial charge in [0.05, 0.1) is 19.3 Å². The first-order chi connectivity index (χ1) is 6.16. The van der Waals surface area contributed by atoms with Gasteiger partial charge in [-0.3, -0.25) is 0 Å². The Labute approximate surface area is 78.7 Å². The van der Waals surface area contributed by atoms with Crippen LogP contribution in [0.1, 0.15) is 27.2 Å². The van der Waals surface area contributed by atoms with Crippen LogP contribution in [-0.2, 0) is 14.3 Å². The fourth-order valence-electron chi connectivity index (χ4n) is 1.51. The molecule has 0 bridgehead atoms. The van der Waals surface area contributed by atoms with E-state index in [9.17, 15) is 4.79 Å². The van der Waals surface area contributed by atoms with Crippen molar-refractivity contribution in [2.45, 2.75) is 33.3 Å². The standard InChI is InChI=1S/C10H16O3/c1-4-12-10(11)7(2)9-5-6-13-8(9)3/h8H,4-6H2,1-3H3/b9-7+. The molecule has 0 saturated carbocycles. The summed E-state index contributed by atoms with van der Waals surface area (Å²) in [7, 11) is 0. The van der Waals surface area contributed by atoms with Gasteiger partial charge >= 0.3 is 5.97 Å². The van der Waals surface area contributed by atoms with Gasteiger partial charge in [0.25, 0.3) is 0 Å². The van der Waals surface area contributed by atoms with E-state index in [4.69, 9.17) is 9.47 Å². The van der Waals surface area contributed by atoms with Gasteiger partial charge in [-0.1, -0.05) is 0 Å². The fraction of sp³-hybridized carbons (Fsp3) is 0.700. The number of hydrogen-bond donors (Lipinski definition) is 0. The molecule has 3 heteroatoms. The Hall–Kier alpha value is -0.830. The van der Waals surface area contributed by atoms with E-state index in [1.165, 1.54) is 0 Å². The van der Waals surface area contributed by atoms with E-state index in [2.05, 4.69) is 0 Å². The van der Waals surface area contributed by atoms with E-state index >= 15 is 0 Å². The minimum absolute atomic E-state index is 0.0735. The molecule has 13 heavy (non-hydrogen) atoms. The van der Waals surface area contributed by atoms with Gasteiger partial charge in [-0.25, -0.2) is 4.79 Å². The van der Waals surface area contributed by atoms with Crippen molar-refractivity contribution in [3.8, 4) is 0 Å². The number of carbonyl (C=O) groups is 1. The summed E-state index contributed by atoms with van der Waals surface area (Å²) in [5.74, 6) is -0.213. The maximum Gasteiger partial charge on any atom is 0.333 e. The number of hydrogen-bond acceptors (Lipinski definition) is 3. The molecule has 0 aromatic heterocycles. The maximum absolute atomic E-state index is 11.3. The van der Waals surface area contributed by atoms with Gasteiger partial charge in [0, 0.05) is 5.57 Å². The van der Waals surface area contributed by atoms with E-state index in [0.717, 1.165) is 12.0 Å². The highest BCUT2D eigenvalue weighted by atomic mass is 16.5. The molecule has 1 unspecified atom stereocenters. The molecular weight excluding hydrogens is 168 g/mol. The molecule has 1 fully saturated rings. The zero-order valence-corrected chi connectivity index (χ0v) is 8.42. The van der Waals surface area contributed by atoms with E-state index in [1.54, 1.807) is 6.92 Å². The molecule has 0 amide bonds. The highest BCUT2D eigenvalue weighted by Gasteiger charge is 2.22. The lowest BCUT2D eigenvalue weighted by molar-refractivity contribution is -0.138. The first-order valence-electron chi connectivity index (χ1n) is 4.65. The van der Waals surface area contributed by atoms with Crippen molar-refractivity contribution in [3.63, 3.8) is 0 Å². The van der Waals surface area contributed by atoms with Crippen LogP contribution in [0.25, 0.3) is 0 Å². The number of ether oxygens (including phenoxy) is 2. The van der Waals surface area contributed by atoms with Gasteiger partial charge in [-0.15, -0.1) is 0 Å². The molecule has 1 atom stereocenters. The highest BCUT2D eigenvalue weighted by Crippen LogP contribution is 2.23. The second-order valence-electron chi connectivity index (χ2n) is 3.13. The molecular formula is C10H16O3. The van der Waals surface area contributed by atoms with Crippen LogP contribution in [0.2, 0.25) is 0 Å². The Morgan fingerprint density at radius 3 is 2.85 bits per heavy atom. The lowest BCUT2D eigenvalue weighted by Crippen LogP contribution is -2.11. The average Bonchev–Trinajstić information content (AvgIpc) is 2.50. The van der Waals surface area contributed by atoms with Crippen LogP contribution in [0, 0.1) is 0 Å². The third-order valence-corrected chi connectivity index (χ3v) is 2.29. The minimum atomic E-state index is -0.213. The molecule has 1 heterocycles. The molecule has 0 aromatic rings. The van der Waals surface area contributed by atoms with Gasteiger partial charge < -0.3 is 9.47 Å². The van der Waals surface area contributed by atoms with Crippen LogP contribution in [0.5, 0.6) is 0 Å². The topological polar surface area (TPSA) is 35.5 Å². The summed E-state index contributed by atoms with van der Waals surface area (Å²) in [5, 5.41) is 0. The summed E-state index contributed by atoms with van der Waals surface area (Å²) in [5.41, 5.74) is 1.80. The molecule has 0 N–H and O–H groups in total. The second kappa shape index (κ2) is 4.42. The van der Waals surface area contributed by atoms with Crippen molar-refractivity contribution in [2.24, 2.45) is 0 Å². The zero-order valence-electron chi connectivity index (χ0n) is 8.42. The monoisotopic (exact) mass is 184 g/mol. The molecule has 3 nitrogen and oxygen atoms in total. The van der Waals surface area contributed by atoms with Crippen molar-refractivity contribution < 1.29 is 14.3 Å². The Kier molecular flexibility index (Phi) is 3.48. The Morgan fingerprint density at radius 1 is 1.69 bits per heavy atom. The summed E-state index contributed by atoms with van der Waals surface area (Å²) >= 11 is 0. The number of carbonyl (C=O) groups excluding carboxylic acids is 1. The van der Waals surface area contributed by atoms with Gasteiger partial charge in [0.2, 0.25) is 0 Å². The van der Waals surface area contributed by atoms with E-state index in [-0.39, 0.29) is 12.1 Å². The molecule has 0 aromatic carbocycles. The smallest absolute Gasteiger partial charge is 0.333 e. The molecule has 1 aliphatic heterocycles. The lowest BCUT2D eigenvalue weighted by atomic mass is 10.0. The van der Waals surface area contributed by atoms with E-state index in [0.29, 0.717) is 18.8 Å². The fourth-order valence-corrected chi connectivity index (χ4v) is 1.51. The molecule has 1 rings (SSSR count). The van der Waals surface area contributed by atoms with Crippen molar-refractivity contribution in [2.75, 3.05) is 13.2 Å². The van der Waals surface area contributed by atoms with Gasteiger partial charge in [0.15, 0.2) is 0 Å². The van der Waals surface area contributed by atoms with Crippen LogP contribution in [0.4, 0.5) is 0 Å². The molecule has 0 radical (unpaired) electrons. The maximum atomic E-state index is 11.3. The summed E-state index contributed by atoms with van der Waals surface area (Å²) in [6.45, 7) is 6.72. The van der Waals surface area contributed by atoms with Crippen LogP contribution in [-0.4, -0.2) is 25.3 Å². The molecule has 0 spiro atoms. The molecule has 1 saturated heterocycles. The van der Waals surface area contributed by atoms with Crippen molar-refractivity contribution in [3.05, 3.63) is 11.1 Å². The van der Waals surface area contributed by atoms with E-state index in [1.807, 2.05) is 13.8 Å². The molecule has 74 valence electrons. The first-order valence-corrected chi connectivity index (χ1v) is 4.65. The number of esters is 1. The van der Waals surface area contributed by atoms with Crippen molar-refractivity contribution in [1.29, 1.82) is 0 Å².